The van der Waals surface area contributed by atoms with Gasteiger partial charge in [0.05, 0.1) is 15.7 Å². The fraction of sp³-hybridized carbons (Fsp3) is 0.286. The van der Waals surface area contributed by atoms with Crippen LogP contribution < -0.4 is 5.32 Å². The third-order valence-corrected chi connectivity index (χ3v) is 3.19. The van der Waals surface area contributed by atoms with E-state index < -0.39 is 0 Å². The Bertz CT molecular complexity index is 581. The number of nitrogens with one attached hydrogen (secondary N) is 1. The van der Waals surface area contributed by atoms with Crippen LogP contribution in [0.15, 0.2) is 40.5 Å². The molecule has 0 saturated heterocycles. The van der Waals surface area contributed by atoms with E-state index >= 15 is 0 Å². The molecule has 0 bridgehead atoms. The highest BCUT2D eigenvalue weighted by Gasteiger charge is 1.98. The summed E-state index contributed by atoms with van der Waals surface area (Å²) in [6.45, 7) is 6.14. The molecular weight excluding hydrogens is 242 g/mol. The van der Waals surface area contributed by atoms with Crippen molar-refractivity contribution in [2.75, 3.05) is 5.32 Å². The highest BCUT2D eigenvalue weighted by Crippen LogP contribution is 2.22. The molecule has 2 rings (SSSR count). The van der Waals surface area contributed by atoms with E-state index in [2.05, 4.69) is 47.3 Å². The molecule has 2 aromatic rings. The van der Waals surface area contributed by atoms with E-state index in [-0.39, 0.29) is 0 Å². The number of hydrogen-bond donors (Lipinski definition) is 1. The molecule has 0 aliphatic heterocycles. The van der Waals surface area contributed by atoms with Gasteiger partial charge < -0.3 is 5.32 Å². The van der Waals surface area contributed by atoms with Crippen molar-refractivity contribution < 1.29 is 0 Å². The fourth-order valence-corrected chi connectivity index (χ4v) is 2.19. The van der Waals surface area contributed by atoms with Crippen LogP contribution in [0, 0.1) is 0 Å². The highest BCUT2D eigenvalue weighted by molar-refractivity contribution is 7.16. The molecule has 94 valence electrons. The summed E-state index contributed by atoms with van der Waals surface area (Å²) in [6, 6.07) is 6.55. The van der Waals surface area contributed by atoms with E-state index in [1.165, 1.54) is 4.70 Å². The van der Waals surface area contributed by atoms with Gasteiger partial charge in [-0.1, -0.05) is 0 Å². The van der Waals surface area contributed by atoms with Gasteiger partial charge in [0.1, 0.15) is 0 Å². The smallest absolute Gasteiger partial charge is 0.0832 e. The monoisotopic (exact) mass is 259 g/mol. The first-order valence-corrected chi connectivity index (χ1v) is 6.83. The second kappa shape index (κ2) is 5.78. The van der Waals surface area contributed by atoms with Gasteiger partial charge in [0.15, 0.2) is 0 Å². The van der Waals surface area contributed by atoms with Gasteiger partial charge in [0.25, 0.3) is 0 Å². The Kier molecular flexibility index (Phi) is 4.10. The van der Waals surface area contributed by atoms with Crippen LogP contribution in [0.25, 0.3) is 10.2 Å². The van der Waals surface area contributed by atoms with Crippen molar-refractivity contribution in [2.24, 2.45) is 4.99 Å². The molecule has 18 heavy (non-hydrogen) atoms. The summed E-state index contributed by atoms with van der Waals surface area (Å²) in [6.07, 6.45) is 3.82. The summed E-state index contributed by atoms with van der Waals surface area (Å²) in [4.78, 5) is 8.60. The molecule has 3 nitrogen and oxygen atoms in total. The summed E-state index contributed by atoms with van der Waals surface area (Å²) < 4.78 is 1.21. The SMILES string of the molecule is C/C(=C\C=N/C(C)C)Nc1ccc2scnc2c1. The van der Waals surface area contributed by atoms with Crippen LogP contribution in [0.3, 0.4) is 0 Å². The van der Waals surface area contributed by atoms with Crippen molar-refractivity contribution in [3.05, 3.63) is 35.5 Å². The Morgan fingerprint density at radius 2 is 2.28 bits per heavy atom. The summed E-state index contributed by atoms with van der Waals surface area (Å²) in [5.41, 5.74) is 5.02. The molecule has 1 aromatic carbocycles. The summed E-state index contributed by atoms with van der Waals surface area (Å²) in [5.74, 6) is 0. The fourth-order valence-electron chi connectivity index (χ4n) is 1.53. The van der Waals surface area contributed by atoms with Gasteiger partial charge in [-0.15, -0.1) is 11.3 Å². The molecule has 0 spiro atoms. The Morgan fingerprint density at radius 3 is 3.06 bits per heavy atom. The maximum absolute atomic E-state index is 4.30. The molecule has 0 unspecified atom stereocenters. The zero-order valence-corrected chi connectivity index (χ0v) is 11.7. The topological polar surface area (TPSA) is 37.3 Å². The van der Waals surface area contributed by atoms with Gasteiger partial charge in [0.2, 0.25) is 0 Å². The molecule has 0 saturated carbocycles. The Hall–Kier alpha value is -1.68. The quantitative estimate of drug-likeness (QED) is 0.840. The lowest BCUT2D eigenvalue weighted by atomic mass is 10.3. The lowest BCUT2D eigenvalue weighted by molar-refractivity contribution is 0.841. The minimum atomic E-state index is 0.334. The van der Waals surface area contributed by atoms with Gasteiger partial charge in [0, 0.05) is 23.6 Å². The molecule has 0 fully saturated rings. The van der Waals surface area contributed by atoms with E-state index in [1.54, 1.807) is 11.3 Å². The number of thiazole rings is 1. The Labute approximate surface area is 111 Å². The van der Waals surface area contributed by atoms with Crippen LogP contribution in [0.4, 0.5) is 5.69 Å². The molecule has 1 heterocycles. The zero-order valence-electron chi connectivity index (χ0n) is 10.8. The number of anilines is 1. The van der Waals surface area contributed by atoms with Gasteiger partial charge >= 0.3 is 0 Å². The number of hydrogen-bond acceptors (Lipinski definition) is 4. The van der Waals surface area contributed by atoms with Crippen molar-refractivity contribution in [2.45, 2.75) is 26.8 Å². The zero-order chi connectivity index (χ0) is 13.0. The van der Waals surface area contributed by atoms with E-state index in [0.29, 0.717) is 6.04 Å². The molecule has 1 N–H and O–H groups in total. The predicted octanol–water partition coefficient (Wildman–Crippen LogP) is 4.09. The average Bonchev–Trinajstić information content (AvgIpc) is 2.75. The first-order valence-electron chi connectivity index (χ1n) is 5.95. The summed E-state index contributed by atoms with van der Waals surface area (Å²) in [5, 5.41) is 3.33. The standard InChI is InChI=1S/C14H17N3S/c1-10(2)15-7-6-11(3)17-12-4-5-14-13(8-12)16-9-18-14/h4-10,17H,1-3H3/b11-6+,15-7-. The summed E-state index contributed by atoms with van der Waals surface area (Å²) >= 11 is 1.66. The second-order valence-corrected chi connectivity index (χ2v) is 5.29. The van der Waals surface area contributed by atoms with E-state index in [4.69, 9.17) is 0 Å². The molecular formula is C14H17N3S. The molecule has 0 aliphatic rings. The molecule has 4 heteroatoms. The van der Waals surface area contributed by atoms with E-state index in [0.717, 1.165) is 16.9 Å². The van der Waals surface area contributed by atoms with Crippen LogP contribution >= 0.6 is 11.3 Å². The number of allylic oxidation sites excluding steroid dienone is 2. The number of rotatable bonds is 4. The van der Waals surface area contributed by atoms with E-state index in [9.17, 15) is 0 Å². The Balaban J connectivity index is 2.08. The number of aromatic nitrogens is 1. The molecule has 0 amide bonds. The minimum absolute atomic E-state index is 0.334. The van der Waals surface area contributed by atoms with Gasteiger partial charge in [-0.3, -0.25) is 4.99 Å². The van der Waals surface area contributed by atoms with Crippen molar-refractivity contribution in [3.63, 3.8) is 0 Å². The molecule has 0 radical (unpaired) electrons. The molecule has 0 atom stereocenters. The first-order chi connectivity index (χ1) is 8.65. The van der Waals surface area contributed by atoms with Crippen molar-refractivity contribution in [3.8, 4) is 0 Å². The third kappa shape index (κ3) is 3.40. The third-order valence-electron chi connectivity index (χ3n) is 2.38. The van der Waals surface area contributed by atoms with Gasteiger partial charge in [-0.25, -0.2) is 4.98 Å². The second-order valence-electron chi connectivity index (χ2n) is 4.40. The maximum atomic E-state index is 4.30. The highest BCUT2D eigenvalue weighted by atomic mass is 32.1. The average molecular weight is 259 g/mol. The molecule has 1 aromatic heterocycles. The van der Waals surface area contributed by atoms with Gasteiger partial charge in [-0.05, 0) is 45.0 Å². The predicted molar refractivity (Wildman–Crippen MR) is 80.6 cm³/mol. The number of benzene rings is 1. The number of aliphatic imine (C=N–C) groups is 1. The van der Waals surface area contributed by atoms with E-state index in [1.807, 2.05) is 24.7 Å². The minimum Gasteiger partial charge on any atom is -0.359 e. The van der Waals surface area contributed by atoms with Crippen molar-refractivity contribution in [1.82, 2.24) is 4.98 Å². The van der Waals surface area contributed by atoms with Crippen molar-refractivity contribution >= 4 is 33.5 Å². The van der Waals surface area contributed by atoms with Crippen LogP contribution in [-0.2, 0) is 0 Å². The number of nitrogens with zero attached hydrogens (tertiary/aromatic N) is 2. The largest absolute Gasteiger partial charge is 0.359 e. The van der Waals surface area contributed by atoms with Crippen LogP contribution in [0.1, 0.15) is 20.8 Å². The van der Waals surface area contributed by atoms with Crippen LogP contribution in [0.5, 0.6) is 0 Å². The van der Waals surface area contributed by atoms with Gasteiger partial charge in [-0.2, -0.15) is 0 Å². The lowest BCUT2D eigenvalue weighted by Gasteiger charge is -2.05. The summed E-state index contributed by atoms with van der Waals surface area (Å²) in [7, 11) is 0. The van der Waals surface area contributed by atoms with Crippen molar-refractivity contribution in [1.29, 1.82) is 0 Å². The van der Waals surface area contributed by atoms with Crippen LogP contribution in [-0.4, -0.2) is 17.2 Å². The normalized spacial score (nSPS) is 12.8. The maximum Gasteiger partial charge on any atom is 0.0832 e. The lowest BCUT2D eigenvalue weighted by Crippen LogP contribution is -1.96. The molecule has 0 aliphatic carbocycles. The first kappa shape index (κ1) is 12.8. The number of fused-ring (bicyclic) bond motifs is 1. The van der Waals surface area contributed by atoms with Crippen LogP contribution in [0.2, 0.25) is 0 Å². The Morgan fingerprint density at radius 1 is 1.44 bits per heavy atom.